The Morgan fingerprint density at radius 2 is 1.97 bits per heavy atom. The molecular weight excluding hydrogens is 562 g/mol. The first-order valence-corrected chi connectivity index (χ1v) is 13.7. The van der Waals surface area contributed by atoms with Crippen LogP contribution in [0.5, 0.6) is 0 Å². The van der Waals surface area contributed by atoms with E-state index in [2.05, 4.69) is 32.1 Å². The van der Waals surface area contributed by atoms with Crippen LogP contribution in [0.1, 0.15) is 35.6 Å². The molecule has 5 rings (SSSR count). The zero-order valence-electron chi connectivity index (χ0n) is 20.9. The van der Waals surface area contributed by atoms with Gasteiger partial charge in [-0.2, -0.15) is 0 Å². The number of benzene rings is 1. The van der Waals surface area contributed by atoms with E-state index in [1.165, 1.54) is 24.9 Å². The predicted molar refractivity (Wildman–Crippen MR) is 151 cm³/mol. The van der Waals surface area contributed by atoms with Gasteiger partial charge in [0.1, 0.15) is 16.7 Å². The standard InChI is InChI=1S/C26H25Cl2FN8OS/c1-33-18(38)3-2-13-10-15-14(11-16(13)29)12-26(20(15)30)5-8-37(9-6-26)24-21(28)35-25(23(32)36-24)39-17-4-7-34-22(31)19(17)27/h4,7,10-11,20H,5-6,8-9,12,30H2,1H3,(H2,31,34)(H2,32,36)(H,33,38)/t20-/m1/s1. The highest BCUT2D eigenvalue weighted by Crippen LogP contribution is 2.52. The average Bonchev–Trinajstić information content (AvgIpc) is 3.17. The Kier molecular flexibility index (Phi) is 7.48. The smallest absolute Gasteiger partial charge is 0.295 e. The molecule has 1 saturated heterocycles. The van der Waals surface area contributed by atoms with E-state index < -0.39 is 11.7 Å². The van der Waals surface area contributed by atoms with Crippen molar-refractivity contribution in [3.8, 4) is 11.8 Å². The van der Waals surface area contributed by atoms with Crippen molar-refractivity contribution < 1.29 is 9.18 Å². The number of nitrogens with two attached hydrogens (primary N) is 3. The molecule has 39 heavy (non-hydrogen) atoms. The molecule has 0 saturated carbocycles. The monoisotopic (exact) mass is 586 g/mol. The van der Waals surface area contributed by atoms with Crippen LogP contribution in [0.25, 0.3) is 0 Å². The fraction of sp³-hybridized carbons (Fsp3) is 0.308. The van der Waals surface area contributed by atoms with Crippen molar-refractivity contribution in [1.29, 1.82) is 0 Å². The molecule has 3 heterocycles. The Morgan fingerprint density at radius 3 is 2.69 bits per heavy atom. The molecule has 1 aliphatic carbocycles. The Balaban J connectivity index is 1.32. The van der Waals surface area contributed by atoms with Crippen molar-refractivity contribution in [3.63, 3.8) is 0 Å². The molecule has 1 fully saturated rings. The van der Waals surface area contributed by atoms with Gasteiger partial charge in [0.25, 0.3) is 5.91 Å². The van der Waals surface area contributed by atoms with Gasteiger partial charge in [0.2, 0.25) is 0 Å². The summed E-state index contributed by atoms with van der Waals surface area (Å²) in [6.07, 6.45) is 3.69. The Morgan fingerprint density at radius 1 is 1.23 bits per heavy atom. The minimum Gasteiger partial charge on any atom is -0.382 e. The number of nitrogens with one attached hydrogen (secondary N) is 1. The number of pyridine rings is 1. The number of anilines is 3. The highest BCUT2D eigenvalue weighted by Gasteiger charge is 2.46. The van der Waals surface area contributed by atoms with Gasteiger partial charge in [-0.1, -0.05) is 40.9 Å². The SMILES string of the molecule is CNC(=O)C#Cc1cc2c(cc1F)CC1(CCN(c3nc(N)c(Sc4ccnc(N)c4Cl)nc3Cl)CC1)[C@@H]2N. The molecule has 202 valence electrons. The van der Waals surface area contributed by atoms with E-state index in [4.69, 9.17) is 40.4 Å². The Bertz CT molecular complexity index is 1530. The lowest BCUT2D eigenvalue weighted by atomic mass is 9.73. The summed E-state index contributed by atoms with van der Waals surface area (Å²) in [7, 11) is 1.47. The van der Waals surface area contributed by atoms with Crippen molar-refractivity contribution in [2.75, 3.05) is 36.5 Å². The summed E-state index contributed by atoms with van der Waals surface area (Å²) in [6.45, 7) is 1.25. The quantitative estimate of drug-likeness (QED) is 0.338. The topological polar surface area (TPSA) is 149 Å². The second-order valence-corrected chi connectivity index (χ2v) is 11.3. The largest absolute Gasteiger partial charge is 0.382 e. The minimum absolute atomic E-state index is 0.161. The molecular formula is C26H25Cl2FN8OS. The minimum atomic E-state index is -0.483. The molecule has 9 nitrogen and oxygen atoms in total. The molecule has 13 heteroatoms. The van der Waals surface area contributed by atoms with E-state index >= 15 is 0 Å². The number of hydrogen-bond acceptors (Lipinski definition) is 9. The molecule has 1 aromatic carbocycles. The van der Waals surface area contributed by atoms with Gasteiger partial charge in [0, 0.05) is 43.2 Å². The van der Waals surface area contributed by atoms with Crippen LogP contribution in [0.2, 0.25) is 10.2 Å². The number of nitrogen functional groups attached to an aromatic ring is 2. The van der Waals surface area contributed by atoms with Gasteiger partial charge < -0.3 is 27.4 Å². The number of fused-ring (bicyclic) bond motifs is 1. The third-order valence-corrected chi connectivity index (χ3v) is 9.10. The van der Waals surface area contributed by atoms with Crippen molar-refractivity contribution in [2.24, 2.45) is 11.1 Å². The third kappa shape index (κ3) is 5.17. The maximum absolute atomic E-state index is 14.7. The number of nitrogens with zero attached hydrogens (tertiary/aromatic N) is 4. The number of amides is 1. The van der Waals surface area contributed by atoms with E-state index in [1.54, 1.807) is 18.3 Å². The van der Waals surface area contributed by atoms with Crippen LogP contribution in [0.15, 0.2) is 34.3 Å². The van der Waals surface area contributed by atoms with Crippen molar-refractivity contribution in [3.05, 3.63) is 57.1 Å². The van der Waals surface area contributed by atoms with E-state index in [0.29, 0.717) is 40.3 Å². The first-order chi connectivity index (χ1) is 18.6. The average molecular weight is 588 g/mol. The lowest BCUT2D eigenvalue weighted by Gasteiger charge is -2.42. The van der Waals surface area contributed by atoms with E-state index in [1.807, 2.05) is 4.90 Å². The van der Waals surface area contributed by atoms with Crippen LogP contribution in [0.3, 0.4) is 0 Å². The summed E-state index contributed by atoms with van der Waals surface area (Å²) < 4.78 is 14.7. The van der Waals surface area contributed by atoms with Gasteiger partial charge in [-0.15, -0.1) is 0 Å². The van der Waals surface area contributed by atoms with Gasteiger partial charge in [0.05, 0.1) is 10.6 Å². The van der Waals surface area contributed by atoms with E-state index in [9.17, 15) is 9.18 Å². The molecule has 1 aliphatic heterocycles. The number of aromatic nitrogens is 3. The number of rotatable bonds is 3. The Hall–Kier alpha value is -3.30. The van der Waals surface area contributed by atoms with Crippen LogP contribution in [-0.2, 0) is 11.2 Å². The molecule has 0 unspecified atom stereocenters. The maximum Gasteiger partial charge on any atom is 0.295 e. The summed E-state index contributed by atoms with van der Waals surface area (Å²) in [5.74, 6) is 4.97. The highest BCUT2D eigenvalue weighted by molar-refractivity contribution is 7.99. The van der Waals surface area contributed by atoms with Crippen LogP contribution < -0.4 is 27.4 Å². The first-order valence-electron chi connectivity index (χ1n) is 12.1. The lowest BCUT2D eigenvalue weighted by molar-refractivity contribution is -0.115. The predicted octanol–water partition coefficient (Wildman–Crippen LogP) is 3.57. The van der Waals surface area contributed by atoms with E-state index in [0.717, 1.165) is 24.0 Å². The Labute approximate surface area is 239 Å². The number of carbonyl (C=O) groups is 1. The lowest BCUT2D eigenvalue weighted by Crippen LogP contribution is -2.44. The summed E-state index contributed by atoms with van der Waals surface area (Å²) in [5, 5.41) is 3.35. The third-order valence-electron chi connectivity index (χ3n) is 7.28. The molecule has 2 aliphatic rings. The molecule has 1 atom stereocenters. The molecule has 7 N–H and O–H groups in total. The fourth-order valence-corrected chi connectivity index (χ4v) is 6.47. The zero-order valence-corrected chi connectivity index (χ0v) is 23.2. The van der Waals surface area contributed by atoms with Gasteiger partial charge in [-0.25, -0.2) is 19.3 Å². The van der Waals surface area contributed by atoms with Crippen molar-refractivity contribution >= 4 is 58.3 Å². The van der Waals surface area contributed by atoms with Gasteiger partial charge in [-0.3, -0.25) is 4.79 Å². The summed E-state index contributed by atoms with van der Waals surface area (Å²) in [6, 6.07) is 4.59. The maximum atomic E-state index is 14.7. The fourth-order valence-electron chi connectivity index (χ4n) is 5.13. The zero-order chi connectivity index (χ0) is 27.9. The summed E-state index contributed by atoms with van der Waals surface area (Å²) in [4.78, 5) is 27.1. The van der Waals surface area contributed by atoms with Crippen molar-refractivity contribution in [1.82, 2.24) is 20.3 Å². The number of carbonyl (C=O) groups excluding carboxylic acids is 1. The molecule has 3 aromatic rings. The van der Waals surface area contributed by atoms with Crippen LogP contribution in [0.4, 0.5) is 21.8 Å². The second-order valence-electron chi connectivity index (χ2n) is 9.50. The number of hydrogen-bond donors (Lipinski definition) is 4. The summed E-state index contributed by atoms with van der Waals surface area (Å²) >= 11 is 14.0. The molecule has 1 spiro atoms. The number of piperidine rings is 1. The molecule has 2 aromatic heterocycles. The van der Waals surface area contributed by atoms with Crippen molar-refractivity contribution in [2.45, 2.75) is 35.2 Å². The van der Waals surface area contributed by atoms with Gasteiger partial charge in [-0.05, 0) is 54.0 Å². The van der Waals surface area contributed by atoms with E-state index in [-0.39, 0.29) is 33.8 Å². The first kappa shape index (κ1) is 27.3. The highest BCUT2D eigenvalue weighted by atomic mass is 35.5. The molecule has 0 bridgehead atoms. The van der Waals surface area contributed by atoms with Gasteiger partial charge >= 0.3 is 0 Å². The summed E-state index contributed by atoms with van der Waals surface area (Å²) in [5.41, 5.74) is 20.4. The molecule has 0 radical (unpaired) electrons. The normalized spacial score (nSPS) is 17.5. The molecule has 1 amide bonds. The number of halogens is 3. The van der Waals surface area contributed by atoms with Crippen LogP contribution >= 0.6 is 35.0 Å². The van der Waals surface area contributed by atoms with Gasteiger partial charge in [0.15, 0.2) is 16.8 Å². The van der Waals surface area contributed by atoms with Crippen LogP contribution in [-0.4, -0.2) is 41.0 Å². The van der Waals surface area contributed by atoms with Crippen LogP contribution in [0, 0.1) is 23.1 Å². The second kappa shape index (κ2) is 10.7.